The fourth-order valence-electron chi connectivity index (χ4n) is 2.10. The number of benzene rings is 2. The second-order valence-corrected chi connectivity index (χ2v) is 4.91. The number of halogens is 2. The number of hydrogen-bond acceptors (Lipinski definition) is 2. The molecule has 20 heavy (non-hydrogen) atoms. The lowest BCUT2D eigenvalue weighted by atomic mass is 10.0. The van der Waals surface area contributed by atoms with Crippen molar-refractivity contribution in [1.82, 2.24) is 0 Å². The fraction of sp³-hybridized carbons (Fsp3) is 0.250. The number of hydrogen-bond donors (Lipinski definition) is 0. The molecule has 0 aliphatic carbocycles. The van der Waals surface area contributed by atoms with Crippen molar-refractivity contribution in [3.8, 4) is 11.5 Å². The summed E-state index contributed by atoms with van der Waals surface area (Å²) in [5.41, 5.74) is 1.83. The first-order valence-electron chi connectivity index (χ1n) is 6.25. The molecular weight excluding hydrogens is 279 g/mol. The average molecular weight is 295 g/mol. The molecule has 0 saturated carbocycles. The lowest BCUT2D eigenvalue weighted by molar-refractivity contribution is 0.351. The second kappa shape index (κ2) is 6.62. The van der Waals surface area contributed by atoms with E-state index in [1.807, 2.05) is 18.2 Å². The number of ether oxygens (including phenoxy) is 2. The Bertz CT molecular complexity index is 569. The Morgan fingerprint density at radius 1 is 1.05 bits per heavy atom. The van der Waals surface area contributed by atoms with Gasteiger partial charge >= 0.3 is 0 Å². The second-order valence-electron chi connectivity index (χ2n) is 4.38. The van der Waals surface area contributed by atoms with Crippen LogP contribution < -0.4 is 9.47 Å². The van der Waals surface area contributed by atoms with Gasteiger partial charge in [-0.25, -0.2) is 4.39 Å². The van der Waals surface area contributed by atoms with Gasteiger partial charge in [-0.05, 0) is 30.2 Å². The molecule has 0 radical (unpaired) electrons. The summed E-state index contributed by atoms with van der Waals surface area (Å²) in [5.74, 6) is 1.03. The van der Waals surface area contributed by atoms with Crippen molar-refractivity contribution in [2.45, 2.75) is 11.8 Å². The van der Waals surface area contributed by atoms with Crippen molar-refractivity contribution in [1.29, 1.82) is 0 Å². The van der Waals surface area contributed by atoms with Crippen LogP contribution >= 0.6 is 11.6 Å². The number of methoxy groups -OCH3 is 2. The van der Waals surface area contributed by atoms with Crippen molar-refractivity contribution in [3.05, 3.63) is 59.4 Å². The number of para-hydroxylation sites is 1. The Kier molecular flexibility index (Phi) is 4.85. The first-order valence-corrected chi connectivity index (χ1v) is 6.68. The minimum Gasteiger partial charge on any atom is -0.493 e. The topological polar surface area (TPSA) is 18.5 Å². The Morgan fingerprint density at radius 3 is 2.35 bits per heavy atom. The number of rotatable bonds is 5. The largest absolute Gasteiger partial charge is 0.493 e. The third kappa shape index (κ3) is 3.23. The molecule has 0 aromatic heterocycles. The van der Waals surface area contributed by atoms with Crippen LogP contribution in [-0.4, -0.2) is 14.2 Å². The Labute approximate surface area is 123 Å². The van der Waals surface area contributed by atoms with E-state index in [2.05, 4.69) is 0 Å². The lowest BCUT2D eigenvalue weighted by Crippen LogP contribution is -2.01. The van der Waals surface area contributed by atoms with E-state index in [1.165, 1.54) is 12.1 Å². The van der Waals surface area contributed by atoms with Crippen molar-refractivity contribution in [2.75, 3.05) is 14.2 Å². The fourth-order valence-corrected chi connectivity index (χ4v) is 2.45. The van der Waals surface area contributed by atoms with Crippen LogP contribution in [0.5, 0.6) is 11.5 Å². The summed E-state index contributed by atoms with van der Waals surface area (Å²) in [6.07, 6.45) is 0.589. The van der Waals surface area contributed by atoms with Gasteiger partial charge in [-0.15, -0.1) is 11.6 Å². The first-order chi connectivity index (χ1) is 9.65. The van der Waals surface area contributed by atoms with Crippen LogP contribution in [0.3, 0.4) is 0 Å². The van der Waals surface area contributed by atoms with E-state index < -0.39 is 0 Å². The number of alkyl halides is 1. The molecule has 0 fully saturated rings. The molecule has 0 amide bonds. The highest BCUT2D eigenvalue weighted by Crippen LogP contribution is 2.38. The minimum absolute atomic E-state index is 0.251. The van der Waals surface area contributed by atoms with Gasteiger partial charge in [0.05, 0.1) is 19.6 Å². The SMILES string of the molecule is COc1cccc(C(Cl)Cc2ccc(F)cc2)c1OC. The van der Waals surface area contributed by atoms with Gasteiger partial charge in [0.2, 0.25) is 0 Å². The van der Waals surface area contributed by atoms with Crippen LogP contribution in [0.1, 0.15) is 16.5 Å². The zero-order chi connectivity index (χ0) is 14.5. The minimum atomic E-state index is -0.273. The van der Waals surface area contributed by atoms with E-state index in [4.69, 9.17) is 21.1 Å². The summed E-state index contributed by atoms with van der Waals surface area (Å²) in [4.78, 5) is 0. The van der Waals surface area contributed by atoms with E-state index in [9.17, 15) is 4.39 Å². The van der Waals surface area contributed by atoms with Gasteiger partial charge in [0.15, 0.2) is 11.5 Å². The van der Waals surface area contributed by atoms with Gasteiger partial charge in [-0.1, -0.05) is 24.3 Å². The quantitative estimate of drug-likeness (QED) is 0.763. The van der Waals surface area contributed by atoms with Gasteiger partial charge < -0.3 is 9.47 Å². The molecule has 0 bridgehead atoms. The smallest absolute Gasteiger partial charge is 0.165 e. The zero-order valence-electron chi connectivity index (χ0n) is 11.4. The highest BCUT2D eigenvalue weighted by atomic mass is 35.5. The van der Waals surface area contributed by atoms with E-state index in [0.29, 0.717) is 17.9 Å². The summed E-state index contributed by atoms with van der Waals surface area (Å²) in [5, 5.41) is -0.273. The average Bonchev–Trinajstić information content (AvgIpc) is 2.48. The van der Waals surface area contributed by atoms with Crippen molar-refractivity contribution in [2.24, 2.45) is 0 Å². The van der Waals surface area contributed by atoms with Crippen LogP contribution in [0, 0.1) is 5.82 Å². The molecule has 4 heteroatoms. The molecule has 106 valence electrons. The predicted molar refractivity (Wildman–Crippen MR) is 78.2 cm³/mol. The van der Waals surface area contributed by atoms with Crippen molar-refractivity contribution in [3.63, 3.8) is 0 Å². The molecule has 0 heterocycles. The van der Waals surface area contributed by atoms with Crippen LogP contribution in [0.2, 0.25) is 0 Å². The third-order valence-electron chi connectivity index (χ3n) is 3.10. The highest BCUT2D eigenvalue weighted by molar-refractivity contribution is 6.21. The first kappa shape index (κ1) is 14.7. The van der Waals surface area contributed by atoms with Crippen molar-refractivity contribution >= 4 is 11.6 Å². The Balaban J connectivity index is 2.24. The third-order valence-corrected chi connectivity index (χ3v) is 3.49. The zero-order valence-corrected chi connectivity index (χ0v) is 12.2. The normalized spacial score (nSPS) is 12.0. The molecule has 1 atom stereocenters. The maximum atomic E-state index is 12.9. The molecule has 2 aromatic rings. The van der Waals surface area contributed by atoms with Gasteiger partial charge in [-0.3, -0.25) is 0 Å². The monoisotopic (exact) mass is 294 g/mol. The summed E-state index contributed by atoms with van der Waals surface area (Å²) in [6.45, 7) is 0. The van der Waals surface area contributed by atoms with E-state index in [1.54, 1.807) is 26.4 Å². The van der Waals surface area contributed by atoms with Crippen LogP contribution in [0.15, 0.2) is 42.5 Å². The molecule has 0 N–H and O–H groups in total. The molecule has 0 aliphatic heterocycles. The van der Waals surface area contributed by atoms with E-state index in [-0.39, 0.29) is 11.2 Å². The van der Waals surface area contributed by atoms with Gasteiger partial charge in [0, 0.05) is 5.56 Å². The van der Waals surface area contributed by atoms with E-state index >= 15 is 0 Å². The van der Waals surface area contributed by atoms with Gasteiger partial charge in [0.25, 0.3) is 0 Å². The molecule has 0 spiro atoms. The summed E-state index contributed by atoms with van der Waals surface area (Å²) >= 11 is 6.46. The highest BCUT2D eigenvalue weighted by Gasteiger charge is 2.17. The molecular formula is C16H16ClFO2. The lowest BCUT2D eigenvalue weighted by Gasteiger charge is -2.16. The Hall–Kier alpha value is -1.74. The predicted octanol–water partition coefficient (Wildman–Crippen LogP) is 4.37. The molecule has 1 unspecified atom stereocenters. The maximum absolute atomic E-state index is 12.9. The van der Waals surface area contributed by atoms with Gasteiger partial charge in [0.1, 0.15) is 5.82 Å². The molecule has 2 rings (SSSR count). The summed E-state index contributed by atoms with van der Waals surface area (Å²) in [7, 11) is 3.17. The standard InChI is InChI=1S/C16H16ClFO2/c1-19-15-5-3-4-13(16(15)20-2)14(17)10-11-6-8-12(18)9-7-11/h3-9,14H,10H2,1-2H3. The molecule has 0 aliphatic rings. The molecule has 2 nitrogen and oxygen atoms in total. The maximum Gasteiger partial charge on any atom is 0.165 e. The van der Waals surface area contributed by atoms with E-state index in [0.717, 1.165) is 11.1 Å². The van der Waals surface area contributed by atoms with Crippen molar-refractivity contribution < 1.29 is 13.9 Å². The summed E-state index contributed by atoms with van der Waals surface area (Å²) < 4.78 is 23.5. The Morgan fingerprint density at radius 2 is 1.75 bits per heavy atom. The van der Waals surface area contributed by atoms with Gasteiger partial charge in [-0.2, -0.15) is 0 Å². The van der Waals surface area contributed by atoms with Crippen LogP contribution in [0.4, 0.5) is 4.39 Å². The molecule has 0 saturated heterocycles. The molecule has 2 aromatic carbocycles. The van der Waals surface area contributed by atoms with Crippen LogP contribution in [-0.2, 0) is 6.42 Å². The van der Waals surface area contributed by atoms with Crippen LogP contribution in [0.25, 0.3) is 0 Å². The summed E-state index contributed by atoms with van der Waals surface area (Å²) in [6, 6.07) is 11.9.